The summed E-state index contributed by atoms with van der Waals surface area (Å²) in [5.74, 6) is -2.18. The van der Waals surface area contributed by atoms with E-state index < -0.39 is 29.3 Å². The van der Waals surface area contributed by atoms with Crippen LogP contribution in [0.4, 0.5) is 11.4 Å². The molecule has 38 heavy (non-hydrogen) atoms. The number of hydrogen-bond acceptors (Lipinski definition) is 5. The second kappa shape index (κ2) is 8.18. The molecule has 0 bridgehead atoms. The SMILES string of the molecule is COc1ccc(N2C(=O)[C@@H]3[C@H](Cc4c[nH]c5ccccc45)N[C@@]4(C(=O)Nc5ccc(Cl)cc54)[C@@H]3C2=O)cc1. The predicted molar refractivity (Wildman–Crippen MR) is 143 cm³/mol. The normalized spacial score (nSPS) is 25.8. The van der Waals surface area contributed by atoms with Crippen molar-refractivity contribution >= 4 is 51.6 Å². The van der Waals surface area contributed by atoms with E-state index in [4.69, 9.17) is 16.3 Å². The second-order valence-electron chi connectivity index (χ2n) is 9.98. The van der Waals surface area contributed by atoms with Gasteiger partial charge in [-0.1, -0.05) is 29.8 Å². The number of amides is 3. The van der Waals surface area contributed by atoms with E-state index in [-0.39, 0.29) is 11.8 Å². The van der Waals surface area contributed by atoms with Crippen LogP contribution in [-0.2, 0) is 26.3 Å². The fraction of sp³-hybridized carbons (Fsp3) is 0.207. The number of carbonyl (C=O) groups is 3. The topological polar surface area (TPSA) is 104 Å². The number of para-hydroxylation sites is 1. The first-order valence-corrected chi connectivity index (χ1v) is 12.8. The highest BCUT2D eigenvalue weighted by molar-refractivity contribution is 6.31. The standard InChI is InChI=1S/C29H23ClN4O4/c1-38-18-9-7-17(8-10-18)34-26(35)24-23(12-15-14-31-21-5-3-2-4-19(15)21)33-29(25(24)27(34)36)20-13-16(30)6-11-22(20)32-28(29)37/h2-11,13-14,23-25,31,33H,12H2,1H3,(H,32,37)/t23-,24+,25-,29+/m0/s1. The van der Waals surface area contributed by atoms with Crippen molar-refractivity contribution in [2.24, 2.45) is 11.8 Å². The minimum absolute atomic E-state index is 0.331. The van der Waals surface area contributed by atoms with Gasteiger partial charge in [-0.3, -0.25) is 19.7 Å². The summed E-state index contributed by atoms with van der Waals surface area (Å²) in [4.78, 5) is 46.4. The molecule has 1 aromatic heterocycles. The molecule has 4 heterocycles. The molecule has 9 heteroatoms. The Labute approximate surface area is 222 Å². The van der Waals surface area contributed by atoms with Gasteiger partial charge in [0.1, 0.15) is 11.3 Å². The summed E-state index contributed by atoms with van der Waals surface area (Å²) >= 11 is 6.37. The van der Waals surface area contributed by atoms with Gasteiger partial charge in [-0.25, -0.2) is 4.90 Å². The monoisotopic (exact) mass is 526 g/mol. The van der Waals surface area contributed by atoms with E-state index in [1.54, 1.807) is 49.6 Å². The summed E-state index contributed by atoms with van der Waals surface area (Å²) in [6.07, 6.45) is 2.37. The van der Waals surface area contributed by atoms with Crippen LogP contribution in [0.1, 0.15) is 11.1 Å². The van der Waals surface area contributed by atoms with Crippen LogP contribution in [0.5, 0.6) is 5.75 Å². The van der Waals surface area contributed by atoms with Gasteiger partial charge in [0, 0.05) is 39.4 Å². The van der Waals surface area contributed by atoms with Crippen LogP contribution in [0.3, 0.4) is 0 Å². The molecule has 7 rings (SSSR count). The van der Waals surface area contributed by atoms with Crippen molar-refractivity contribution in [2.75, 3.05) is 17.3 Å². The van der Waals surface area contributed by atoms with Crippen molar-refractivity contribution in [3.05, 3.63) is 89.1 Å². The highest BCUT2D eigenvalue weighted by Crippen LogP contribution is 2.54. The zero-order chi connectivity index (χ0) is 26.2. The number of fused-ring (bicyclic) bond motifs is 5. The van der Waals surface area contributed by atoms with Crippen LogP contribution < -0.4 is 20.3 Å². The third-order valence-electron chi connectivity index (χ3n) is 8.12. The van der Waals surface area contributed by atoms with Crippen molar-refractivity contribution in [1.82, 2.24) is 10.3 Å². The van der Waals surface area contributed by atoms with Crippen LogP contribution >= 0.6 is 11.6 Å². The molecule has 3 aliphatic rings. The first-order chi connectivity index (χ1) is 18.4. The minimum Gasteiger partial charge on any atom is -0.497 e. The van der Waals surface area contributed by atoms with E-state index in [0.717, 1.165) is 16.5 Å². The van der Waals surface area contributed by atoms with E-state index in [0.29, 0.717) is 34.1 Å². The van der Waals surface area contributed by atoms with Gasteiger partial charge in [0.15, 0.2) is 0 Å². The van der Waals surface area contributed by atoms with Crippen LogP contribution in [-0.4, -0.2) is 35.9 Å². The molecule has 3 N–H and O–H groups in total. The minimum atomic E-state index is -1.42. The number of nitrogens with one attached hydrogen (secondary N) is 3. The third-order valence-corrected chi connectivity index (χ3v) is 8.36. The molecule has 3 aliphatic heterocycles. The molecule has 190 valence electrons. The molecule has 4 atom stereocenters. The third kappa shape index (κ3) is 3.04. The predicted octanol–water partition coefficient (Wildman–Crippen LogP) is 4.00. The van der Waals surface area contributed by atoms with Crippen LogP contribution in [0, 0.1) is 11.8 Å². The van der Waals surface area contributed by atoms with E-state index >= 15 is 0 Å². The highest BCUT2D eigenvalue weighted by Gasteiger charge is 2.70. The number of aromatic amines is 1. The van der Waals surface area contributed by atoms with Crippen LogP contribution in [0.25, 0.3) is 10.9 Å². The Hall–Kier alpha value is -4.14. The van der Waals surface area contributed by atoms with E-state index in [9.17, 15) is 14.4 Å². The second-order valence-corrected chi connectivity index (χ2v) is 10.4. The maximum Gasteiger partial charge on any atom is 0.250 e. The number of benzene rings is 3. The maximum atomic E-state index is 14.1. The molecule has 0 unspecified atom stereocenters. The van der Waals surface area contributed by atoms with Gasteiger partial charge >= 0.3 is 0 Å². The summed E-state index contributed by atoms with van der Waals surface area (Å²) < 4.78 is 5.24. The molecule has 2 saturated heterocycles. The van der Waals surface area contributed by atoms with Crippen molar-refractivity contribution in [3.63, 3.8) is 0 Å². The zero-order valence-corrected chi connectivity index (χ0v) is 21.1. The Balaban J connectivity index is 1.37. The summed E-state index contributed by atoms with van der Waals surface area (Å²) in [7, 11) is 1.55. The molecule has 3 amide bonds. The molecular formula is C29H23ClN4O4. The molecule has 3 aromatic carbocycles. The molecule has 2 fully saturated rings. The maximum absolute atomic E-state index is 14.1. The van der Waals surface area contributed by atoms with Gasteiger partial charge in [0.25, 0.3) is 0 Å². The summed E-state index contributed by atoms with van der Waals surface area (Å²) in [5, 5.41) is 7.89. The molecule has 0 radical (unpaired) electrons. The number of hydrogen-bond donors (Lipinski definition) is 3. The lowest BCUT2D eigenvalue weighted by atomic mass is 9.76. The lowest BCUT2D eigenvalue weighted by Gasteiger charge is -2.29. The van der Waals surface area contributed by atoms with Crippen molar-refractivity contribution in [1.29, 1.82) is 0 Å². The average Bonchev–Trinajstić information content (AvgIpc) is 3.63. The van der Waals surface area contributed by atoms with Crippen molar-refractivity contribution in [2.45, 2.75) is 18.0 Å². The number of ether oxygens (including phenoxy) is 1. The molecule has 0 aliphatic carbocycles. The number of carbonyl (C=O) groups excluding carboxylic acids is 3. The smallest absolute Gasteiger partial charge is 0.250 e. The molecule has 4 aromatic rings. The lowest BCUT2D eigenvalue weighted by molar-refractivity contribution is -0.130. The van der Waals surface area contributed by atoms with E-state index in [1.807, 2.05) is 30.5 Å². The van der Waals surface area contributed by atoms with Crippen LogP contribution in [0.2, 0.25) is 5.02 Å². The Kier molecular flexibility index (Phi) is 4.95. The lowest BCUT2D eigenvalue weighted by Crippen LogP contribution is -2.53. The zero-order valence-electron chi connectivity index (χ0n) is 20.3. The molecule has 1 spiro atoms. The van der Waals surface area contributed by atoms with Gasteiger partial charge in [-0.15, -0.1) is 0 Å². The Morgan fingerprint density at radius 3 is 2.58 bits per heavy atom. The Morgan fingerprint density at radius 2 is 1.79 bits per heavy atom. The first-order valence-electron chi connectivity index (χ1n) is 12.4. The largest absolute Gasteiger partial charge is 0.497 e. The number of rotatable bonds is 4. The summed E-state index contributed by atoms with van der Waals surface area (Å²) in [6.45, 7) is 0. The van der Waals surface area contributed by atoms with Gasteiger partial charge in [0.05, 0.1) is 24.6 Å². The number of aromatic nitrogens is 1. The highest BCUT2D eigenvalue weighted by atomic mass is 35.5. The van der Waals surface area contributed by atoms with E-state index in [2.05, 4.69) is 15.6 Å². The van der Waals surface area contributed by atoms with Gasteiger partial charge < -0.3 is 15.0 Å². The quantitative estimate of drug-likeness (QED) is 0.349. The number of imide groups is 1. The summed E-state index contributed by atoms with van der Waals surface area (Å²) in [6, 6.07) is 19.4. The van der Waals surface area contributed by atoms with Crippen molar-refractivity contribution < 1.29 is 19.1 Å². The number of anilines is 2. The van der Waals surface area contributed by atoms with Crippen LogP contribution in [0.15, 0.2) is 72.9 Å². The fourth-order valence-electron chi connectivity index (χ4n) is 6.47. The van der Waals surface area contributed by atoms with Gasteiger partial charge in [-0.2, -0.15) is 0 Å². The number of nitrogens with zero attached hydrogens (tertiary/aromatic N) is 1. The summed E-state index contributed by atoms with van der Waals surface area (Å²) in [5.41, 5.74) is 2.18. The molecule has 0 saturated carbocycles. The molecular weight excluding hydrogens is 504 g/mol. The first kappa shape index (κ1) is 23.0. The van der Waals surface area contributed by atoms with Gasteiger partial charge in [0.2, 0.25) is 17.7 Å². The fourth-order valence-corrected chi connectivity index (χ4v) is 6.64. The van der Waals surface area contributed by atoms with Gasteiger partial charge in [-0.05, 0) is 60.5 Å². The Morgan fingerprint density at radius 1 is 1.00 bits per heavy atom. The van der Waals surface area contributed by atoms with Crippen molar-refractivity contribution in [3.8, 4) is 5.75 Å². The molecule has 8 nitrogen and oxygen atoms in total. The van der Waals surface area contributed by atoms with E-state index in [1.165, 1.54) is 4.90 Å². The number of H-pyrrole nitrogens is 1. The number of methoxy groups -OCH3 is 1. The number of halogens is 1. The Bertz CT molecular complexity index is 1650. The average molecular weight is 527 g/mol.